The van der Waals surface area contributed by atoms with E-state index in [0.717, 1.165) is 19.1 Å². The molecule has 0 saturated carbocycles. The van der Waals surface area contributed by atoms with Crippen molar-refractivity contribution in [2.75, 3.05) is 0 Å². The number of ether oxygens (including phenoxy) is 1. The molecule has 0 radical (unpaired) electrons. The maximum absolute atomic E-state index is 12.7. The lowest BCUT2D eigenvalue weighted by Crippen LogP contribution is -2.24. The first-order chi connectivity index (χ1) is 8.25. The van der Waals surface area contributed by atoms with Gasteiger partial charge < -0.3 is 15.6 Å². The summed E-state index contributed by atoms with van der Waals surface area (Å²) < 4.78 is 43.0. The maximum Gasteiger partial charge on any atom is 0.419 e. The van der Waals surface area contributed by atoms with Crippen LogP contribution in [0.4, 0.5) is 13.2 Å². The zero-order valence-electron chi connectivity index (χ0n) is 9.49. The van der Waals surface area contributed by atoms with Crippen molar-refractivity contribution < 1.29 is 27.8 Å². The molecule has 4 nitrogen and oxygen atoms in total. The summed E-state index contributed by atoms with van der Waals surface area (Å²) >= 11 is 0. The molecule has 0 saturated heterocycles. The van der Waals surface area contributed by atoms with Crippen LogP contribution >= 0.6 is 0 Å². The van der Waals surface area contributed by atoms with Gasteiger partial charge in [-0.15, -0.1) is 0 Å². The second-order valence-electron chi connectivity index (χ2n) is 3.63. The minimum absolute atomic E-state index is 0.0438. The fourth-order valence-electron chi connectivity index (χ4n) is 1.27. The maximum atomic E-state index is 12.7. The summed E-state index contributed by atoms with van der Waals surface area (Å²) in [5, 5.41) is 8.61. The average molecular weight is 263 g/mol. The number of carbonyl (C=O) groups is 1. The summed E-state index contributed by atoms with van der Waals surface area (Å²) in [5.41, 5.74) is 4.52. The number of hydrogen-bond acceptors (Lipinski definition) is 3. The molecule has 0 aliphatic carbocycles. The lowest BCUT2D eigenvalue weighted by atomic mass is 10.1. The third-order valence-electron chi connectivity index (χ3n) is 2.24. The second-order valence-corrected chi connectivity index (χ2v) is 3.63. The number of carboxylic acid groups (broad SMARTS) is 1. The largest absolute Gasteiger partial charge is 0.479 e. The topological polar surface area (TPSA) is 72.5 Å². The van der Waals surface area contributed by atoms with Crippen LogP contribution in [0.15, 0.2) is 18.2 Å². The predicted molar refractivity (Wildman–Crippen MR) is 57.1 cm³/mol. The monoisotopic (exact) mass is 263 g/mol. The minimum atomic E-state index is -4.63. The highest BCUT2D eigenvalue weighted by molar-refractivity contribution is 5.72. The van der Waals surface area contributed by atoms with E-state index in [4.69, 9.17) is 15.6 Å². The average Bonchev–Trinajstić information content (AvgIpc) is 2.27. The minimum Gasteiger partial charge on any atom is -0.479 e. The van der Waals surface area contributed by atoms with E-state index in [1.54, 1.807) is 0 Å². The summed E-state index contributed by atoms with van der Waals surface area (Å²) in [7, 11) is 0. The van der Waals surface area contributed by atoms with Crippen molar-refractivity contribution in [2.45, 2.75) is 25.7 Å². The van der Waals surface area contributed by atoms with E-state index < -0.39 is 29.6 Å². The SMILES string of the molecule is CC(Oc1ccc(CN)cc1C(F)(F)F)C(=O)O. The fraction of sp³-hybridized carbons (Fsp3) is 0.364. The molecule has 1 rings (SSSR count). The number of hydrogen-bond donors (Lipinski definition) is 2. The summed E-state index contributed by atoms with van der Waals surface area (Å²) in [4.78, 5) is 10.6. The number of aliphatic carboxylic acids is 1. The van der Waals surface area contributed by atoms with Crippen LogP contribution in [0.3, 0.4) is 0 Å². The zero-order chi connectivity index (χ0) is 13.9. The Morgan fingerprint density at radius 2 is 2.11 bits per heavy atom. The molecule has 18 heavy (non-hydrogen) atoms. The van der Waals surface area contributed by atoms with Crippen LogP contribution < -0.4 is 10.5 Å². The van der Waals surface area contributed by atoms with Gasteiger partial charge in [0.25, 0.3) is 0 Å². The van der Waals surface area contributed by atoms with Gasteiger partial charge in [-0.25, -0.2) is 4.79 Å². The summed E-state index contributed by atoms with van der Waals surface area (Å²) in [6.45, 7) is 1.11. The molecule has 1 aromatic rings. The highest BCUT2D eigenvalue weighted by atomic mass is 19.4. The molecule has 0 fully saturated rings. The van der Waals surface area contributed by atoms with Gasteiger partial charge in [0, 0.05) is 6.54 Å². The molecular weight excluding hydrogens is 251 g/mol. The van der Waals surface area contributed by atoms with Crippen LogP contribution in [-0.2, 0) is 17.5 Å². The highest BCUT2D eigenvalue weighted by Crippen LogP contribution is 2.37. The Kier molecular flexibility index (Phi) is 4.18. The van der Waals surface area contributed by atoms with E-state index in [0.29, 0.717) is 0 Å². The number of alkyl halides is 3. The van der Waals surface area contributed by atoms with Crippen LogP contribution in [0.1, 0.15) is 18.1 Å². The quantitative estimate of drug-likeness (QED) is 0.871. The molecule has 0 spiro atoms. The van der Waals surface area contributed by atoms with Crippen LogP contribution in [-0.4, -0.2) is 17.2 Å². The lowest BCUT2D eigenvalue weighted by molar-refractivity contribution is -0.147. The molecule has 1 aromatic carbocycles. The third-order valence-corrected chi connectivity index (χ3v) is 2.24. The van der Waals surface area contributed by atoms with E-state index in [1.165, 1.54) is 6.07 Å². The van der Waals surface area contributed by atoms with E-state index in [2.05, 4.69) is 0 Å². The van der Waals surface area contributed by atoms with Crippen molar-refractivity contribution in [1.82, 2.24) is 0 Å². The van der Waals surface area contributed by atoms with E-state index in [-0.39, 0.29) is 12.1 Å². The molecule has 7 heteroatoms. The van der Waals surface area contributed by atoms with Crippen molar-refractivity contribution in [3.63, 3.8) is 0 Å². The molecule has 0 amide bonds. The van der Waals surface area contributed by atoms with Gasteiger partial charge in [0.15, 0.2) is 6.10 Å². The number of rotatable bonds is 4. The number of nitrogens with two attached hydrogens (primary N) is 1. The van der Waals surface area contributed by atoms with Gasteiger partial charge in [-0.1, -0.05) is 6.07 Å². The zero-order valence-corrected chi connectivity index (χ0v) is 9.49. The van der Waals surface area contributed by atoms with Gasteiger partial charge in [-0.2, -0.15) is 13.2 Å². The highest BCUT2D eigenvalue weighted by Gasteiger charge is 2.35. The summed E-state index contributed by atoms with van der Waals surface area (Å²) in [6, 6.07) is 3.29. The van der Waals surface area contributed by atoms with Gasteiger partial charge in [-0.05, 0) is 24.6 Å². The van der Waals surface area contributed by atoms with Gasteiger partial charge >= 0.3 is 12.1 Å². The Balaban J connectivity index is 3.14. The number of halogens is 3. The van der Waals surface area contributed by atoms with Gasteiger partial charge in [0.2, 0.25) is 0 Å². The normalized spacial score (nSPS) is 13.2. The van der Waals surface area contributed by atoms with E-state index in [1.807, 2.05) is 0 Å². The van der Waals surface area contributed by atoms with Crippen LogP contribution in [0.2, 0.25) is 0 Å². The molecule has 1 atom stereocenters. The molecular formula is C11H12F3NO3. The summed E-state index contributed by atoms with van der Waals surface area (Å²) in [6.07, 6.45) is -5.99. The van der Waals surface area contributed by atoms with Crippen LogP contribution in [0.5, 0.6) is 5.75 Å². The van der Waals surface area contributed by atoms with Crippen molar-refractivity contribution in [3.8, 4) is 5.75 Å². The molecule has 1 unspecified atom stereocenters. The first-order valence-corrected chi connectivity index (χ1v) is 5.05. The van der Waals surface area contributed by atoms with Crippen molar-refractivity contribution in [1.29, 1.82) is 0 Å². The Labute approximate surface area is 101 Å². The molecule has 0 aromatic heterocycles. The first-order valence-electron chi connectivity index (χ1n) is 5.05. The molecule has 3 N–H and O–H groups in total. The van der Waals surface area contributed by atoms with Crippen molar-refractivity contribution in [2.24, 2.45) is 5.73 Å². The molecule has 0 bridgehead atoms. The summed E-state index contributed by atoms with van der Waals surface area (Å²) in [5.74, 6) is -1.86. The third kappa shape index (κ3) is 3.36. The number of carboxylic acids is 1. The molecule has 0 aliphatic heterocycles. The Hall–Kier alpha value is -1.76. The molecule has 100 valence electrons. The van der Waals surface area contributed by atoms with Crippen LogP contribution in [0.25, 0.3) is 0 Å². The van der Waals surface area contributed by atoms with Crippen LogP contribution in [0, 0.1) is 0 Å². The van der Waals surface area contributed by atoms with E-state index >= 15 is 0 Å². The van der Waals surface area contributed by atoms with Crippen molar-refractivity contribution >= 4 is 5.97 Å². The predicted octanol–water partition coefficient (Wildman–Crippen LogP) is 2.02. The second kappa shape index (κ2) is 5.26. The fourth-order valence-corrected chi connectivity index (χ4v) is 1.27. The number of benzene rings is 1. The smallest absolute Gasteiger partial charge is 0.419 e. The van der Waals surface area contributed by atoms with Gasteiger partial charge in [0.05, 0.1) is 5.56 Å². The molecule has 0 aliphatic rings. The molecule has 0 heterocycles. The van der Waals surface area contributed by atoms with Gasteiger partial charge in [0.1, 0.15) is 5.75 Å². The van der Waals surface area contributed by atoms with Gasteiger partial charge in [-0.3, -0.25) is 0 Å². The lowest BCUT2D eigenvalue weighted by Gasteiger charge is -2.17. The van der Waals surface area contributed by atoms with Crippen molar-refractivity contribution in [3.05, 3.63) is 29.3 Å². The Morgan fingerprint density at radius 3 is 2.56 bits per heavy atom. The standard InChI is InChI=1S/C11H12F3NO3/c1-6(10(16)17)18-9-3-2-7(5-15)4-8(9)11(12,13)14/h2-4,6H,5,15H2,1H3,(H,16,17). The van der Waals surface area contributed by atoms with E-state index in [9.17, 15) is 18.0 Å². The Morgan fingerprint density at radius 1 is 1.50 bits per heavy atom. The first kappa shape index (κ1) is 14.3. The Bertz CT molecular complexity index is 446.